The van der Waals surface area contributed by atoms with E-state index in [9.17, 15) is 0 Å². The second-order valence-corrected chi connectivity index (χ2v) is 16.4. The summed E-state index contributed by atoms with van der Waals surface area (Å²) in [5, 5.41) is 0. The predicted molar refractivity (Wildman–Crippen MR) is 222 cm³/mol. The molecule has 0 amide bonds. The fourth-order valence-electron chi connectivity index (χ4n) is 8.94. The summed E-state index contributed by atoms with van der Waals surface area (Å²) in [5.74, 6) is 0. The normalized spacial score (nSPS) is 11.8. The van der Waals surface area contributed by atoms with Gasteiger partial charge in [0.25, 0.3) is 0 Å². The summed E-state index contributed by atoms with van der Waals surface area (Å²) in [6.07, 6.45) is 4.73. The molecule has 2 aromatic heterocycles. The summed E-state index contributed by atoms with van der Waals surface area (Å²) >= 11 is 0. The minimum Gasteiger partial charge on any atom is -0.226 e. The van der Waals surface area contributed by atoms with Gasteiger partial charge in [-0.15, -0.1) is 0 Å². The lowest BCUT2D eigenvalue weighted by atomic mass is 9.93. The van der Waals surface area contributed by atoms with Gasteiger partial charge in [-0.3, -0.25) is 0 Å². The highest BCUT2D eigenvalue weighted by molar-refractivity contribution is 5.75. The van der Waals surface area contributed by atoms with Crippen LogP contribution in [0.4, 0.5) is 0 Å². The van der Waals surface area contributed by atoms with Crippen molar-refractivity contribution < 1.29 is 9.13 Å². The Balaban J connectivity index is 1.30. The van der Waals surface area contributed by atoms with Gasteiger partial charge in [0.05, 0.1) is 0 Å². The van der Waals surface area contributed by atoms with Crippen molar-refractivity contribution in [2.45, 2.75) is 116 Å². The first-order valence-electron chi connectivity index (χ1n) is 19.3. The maximum atomic E-state index is 2.49. The molecule has 4 nitrogen and oxygen atoms in total. The van der Waals surface area contributed by atoms with E-state index in [1.165, 1.54) is 117 Å². The lowest BCUT2D eigenvalue weighted by Gasteiger charge is -2.16. The fourth-order valence-corrected chi connectivity index (χ4v) is 8.94. The van der Waals surface area contributed by atoms with Gasteiger partial charge in [0.2, 0.25) is 12.7 Å². The average Bonchev–Trinajstić information content (AvgIpc) is 3.56. The Morgan fingerprint density at radius 3 is 1.04 bits per heavy atom. The standard InChI is InChI=1S/C49H58N4/c1-29-14-35(7)42(36(8)15-29)23-50-27-52(48-21-33(5)31(3)19-46(48)50)25-44-39(11)18-40(12)45(41(44)13)26-53-28-51(47-20-32(4)34(6)22-49(47)53)24-43-37(9)16-30(2)17-38(43)10/h14-22,27-28H,23-26H2,1-13H3/q+2. The van der Waals surface area contributed by atoms with Crippen molar-refractivity contribution in [2.75, 3.05) is 0 Å². The number of aryl methyl sites for hydroxylation is 12. The molecule has 7 aromatic rings. The summed E-state index contributed by atoms with van der Waals surface area (Å²) in [4.78, 5) is 0. The van der Waals surface area contributed by atoms with Crippen molar-refractivity contribution in [1.29, 1.82) is 0 Å². The quantitative estimate of drug-likeness (QED) is 0.140. The highest BCUT2D eigenvalue weighted by atomic mass is 15.1. The Bertz CT molecular complexity index is 2370. The van der Waals surface area contributed by atoms with Crippen molar-refractivity contribution in [3.8, 4) is 0 Å². The van der Waals surface area contributed by atoms with Crippen molar-refractivity contribution in [3.05, 3.63) is 162 Å². The van der Waals surface area contributed by atoms with Gasteiger partial charge < -0.3 is 0 Å². The fraction of sp³-hybridized carbons (Fsp3) is 0.347. The molecule has 5 aromatic carbocycles. The minimum absolute atomic E-state index is 0.833. The molecule has 7 rings (SSSR count). The van der Waals surface area contributed by atoms with Crippen LogP contribution in [0.25, 0.3) is 22.1 Å². The van der Waals surface area contributed by atoms with Gasteiger partial charge in [0, 0.05) is 0 Å². The first kappa shape index (κ1) is 36.4. The van der Waals surface area contributed by atoms with Crippen LogP contribution in [-0.2, 0) is 26.2 Å². The molecule has 0 N–H and O–H groups in total. The van der Waals surface area contributed by atoms with Crippen LogP contribution < -0.4 is 9.13 Å². The maximum Gasteiger partial charge on any atom is 0.245 e. The summed E-state index contributed by atoms with van der Waals surface area (Å²) in [7, 11) is 0. The molecule has 0 aliphatic carbocycles. The van der Waals surface area contributed by atoms with Gasteiger partial charge in [0.15, 0.2) is 22.1 Å². The molecule has 0 bridgehead atoms. The summed E-state index contributed by atoms with van der Waals surface area (Å²) in [5.41, 5.74) is 28.4. The minimum atomic E-state index is 0.833. The van der Waals surface area contributed by atoms with Crippen LogP contribution in [0.3, 0.4) is 0 Å². The molecule has 53 heavy (non-hydrogen) atoms. The van der Waals surface area contributed by atoms with Gasteiger partial charge in [-0.1, -0.05) is 41.5 Å². The van der Waals surface area contributed by atoms with E-state index in [4.69, 9.17) is 0 Å². The van der Waals surface area contributed by atoms with Gasteiger partial charge in [-0.05, 0) is 198 Å². The molecule has 4 heteroatoms. The molecule has 0 aliphatic rings. The highest BCUT2D eigenvalue weighted by Crippen LogP contribution is 2.28. The zero-order valence-corrected chi connectivity index (χ0v) is 34.5. The van der Waals surface area contributed by atoms with E-state index in [1.807, 2.05) is 0 Å². The molecule has 0 atom stereocenters. The Kier molecular flexibility index (Phi) is 9.47. The Labute approximate surface area is 317 Å². The number of rotatable bonds is 8. The van der Waals surface area contributed by atoms with Crippen LogP contribution in [0.15, 0.2) is 67.3 Å². The molecular formula is C49H58N4+2. The lowest BCUT2D eigenvalue weighted by molar-refractivity contribution is -0.664. The van der Waals surface area contributed by atoms with E-state index in [0.717, 1.165) is 26.2 Å². The van der Waals surface area contributed by atoms with Crippen LogP contribution >= 0.6 is 0 Å². The van der Waals surface area contributed by atoms with Crippen LogP contribution in [0.1, 0.15) is 94.6 Å². The molecule has 0 radical (unpaired) electrons. The van der Waals surface area contributed by atoms with Crippen LogP contribution in [0, 0.1) is 90.0 Å². The molecule has 0 saturated heterocycles. The summed E-state index contributed by atoms with van der Waals surface area (Å²) in [6.45, 7) is 32.7. The smallest absolute Gasteiger partial charge is 0.226 e. The molecule has 2 heterocycles. The molecular weight excluding hydrogens is 645 g/mol. The Morgan fingerprint density at radius 1 is 0.358 bits per heavy atom. The van der Waals surface area contributed by atoms with Gasteiger partial charge in [0.1, 0.15) is 26.2 Å². The third-order valence-corrected chi connectivity index (χ3v) is 12.3. The molecule has 0 saturated carbocycles. The molecule has 272 valence electrons. The number of hydrogen-bond donors (Lipinski definition) is 0. The monoisotopic (exact) mass is 702 g/mol. The number of fused-ring (bicyclic) bond motifs is 2. The molecule has 0 fully saturated rings. The number of imidazole rings is 2. The number of nitrogens with zero attached hydrogens (tertiary/aromatic N) is 4. The van der Waals surface area contributed by atoms with E-state index >= 15 is 0 Å². The first-order valence-corrected chi connectivity index (χ1v) is 19.3. The van der Waals surface area contributed by atoms with E-state index in [-0.39, 0.29) is 0 Å². The van der Waals surface area contributed by atoms with Crippen LogP contribution in [0.5, 0.6) is 0 Å². The highest BCUT2D eigenvalue weighted by Gasteiger charge is 2.24. The van der Waals surface area contributed by atoms with Gasteiger partial charge in [-0.25, -0.2) is 18.3 Å². The number of aromatic nitrogens is 4. The number of benzene rings is 5. The average molecular weight is 703 g/mol. The van der Waals surface area contributed by atoms with Crippen LogP contribution in [-0.4, -0.2) is 9.13 Å². The molecule has 0 aliphatic heterocycles. The molecule has 0 unspecified atom stereocenters. The van der Waals surface area contributed by atoms with Crippen molar-refractivity contribution in [3.63, 3.8) is 0 Å². The van der Waals surface area contributed by atoms with Crippen molar-refractivity contribution >= 4 is 22.1 Å². The van der Waals surface area contributed by atoms with Crippen LogP contribution in [0.2, 0.25) is 0 Å². The SMILES string of the molecule is Cc1cc(C)c(Cn2c[n+](Cc3c(C)cc(C)c(C[n+]4cn(Cc5c(C)cc(C)cc5C)c5cc(C)c(C)cc54)c3C)c3cc(C)c(C)cc32)c(C)c1. The second kappa shape index (κ2) is 13.8. The topological polar surface area (TPSA) is 17.6 Å². The second-order valence-electron chi connectivity index (χ2n) is 16.4. The molecule has 0 spiro atoms. The lowest BCUT2D eigenvalue weighted by Crippen LogP contribution is -2.36. The number of hydrogen-bond acceptors (Lipinski definition) is 0. The predicted octanol–water partition coefficient (Wildman–Crippen LogP) is 10.4. The van der Waals surface area contributed by atoms with E-state index in [2.05, 4.69) is 176 Å². The first-order chi connectivity index (χ1) is 25.1. The zero-order chi connectivity index (χ0) is 38.0. The Hall–Kier alpha value is -4.96. The van der Waals surface area contributed by atoms with Gasteiger partial charge in [-0.2, -0.15) is 0 Å². The van der Waals surface area contributed by atoms with E-state index < -0.39 is 0 Å². The van der Waals surface area contributed by atoms with E-state index in [1.54, 1.807) is 0 Å². The zero-order valence-electron chi connectivity index (χ0n) is 34.5. The van der Waals surface area contributed by atoms with E-state index in [0.29, 0.717) is 0 Å². The summed E-state index contributed by atoms with van der Waals surface area (Å²) in [6, 6.07) is 21.2. The van der Waals surface area contributed by atoms with Crippen molar-refractivity contribution in [1.82, 2.24) is 9.13 Å². The third kappa shape index (κ3) is 6.73. The largest absolute Gasteiger partial charge is 0.245 e. The Morgan fingerprint density at radius 2 is 0.679 bits per heavy atom. The summed E-state index contributed by atoms with van der Waals surface area (Å²) < 4.78 is 9.93. The van der Waals surface area contributed by atoms with Gasteiger partial charge >= 0.3 is 0 Å². The maximum absolute atomic E-state index is 2.49. The third-order valence-electron chi connectivity index (χ3n) is 12.3. The van der Waals surface area contributed by atoms with Crippen molar-refractivity contribution in [2.24, 2.45) is 0 Å².